The van der Waals surface area contributed by atoms with Gasteiger partial charge in [0.2, 0.25) is 0 Å². The maximum absolute atomic E-state index is 6.01. The van der Waals surface area contributed by atoms with Crippen molar-refractivity contribution >= 4 is 11.6 Å². The lowest BCUT2D eigenvalue weighted by Crippen LogP contribution is -2.19. The molecule has 3 nitrogen and oxygen atoms in total. The van der Waals surface area contributed by atoms with E-state index in [4.69, 9.17) is 16.1 Å². The van der Waals surface area contributed by atoms with Crippen LogP contribution in [0.15, 0.2) is 34.9 Å². The monoisotopic (exact) mass is 264 g/mol. The molecule has 0 aliphatic rings. The number of rotatable bonds is 5. The smallest absolute Gasteiger partial charge is 0.150 e. The second kappa shape index (κ2) is 6.03. The zero-order valence-corrected chi connectivity index (χ0v) is 11.4. The van der Waals surface area contributed by atoms with Crippen LogP contribution in [0.5, 0.6) is 0 Å². The second-order valence-corrected chi connectivity index (χ2v) is 4.77. The van der Waals surface area contributed by atoms with Crippen LogP contribution >= 0.6 is 11.6 Å². The number of nitrogens with zero attached hydrogens (tertiary/aromatic N) is 1. The molecule has 0 fully saturated rings. The number of aromatic nitrogens is 1. The molecule has 0 aliphatic heterocycles. The normalized spacial score (nSPS) is 12.6. The molecule has 0 saturated carbocycles. The van der Waals surface area contributed by atoms with Gasteiger partial charge in [-0.05, 0) is 31.0 Å². The molecule has 96 valence electrons. The first-order valence-corrected chi connectivity index (χ1v) is 6.48. The van der Waals surface area contributed by atoms with Crippen LogP contribution in [0.2, 0.25) is 5.02 Å². The molecular weight excluding hydrogens is 248 g/mol. The summed E-state index contributed by atoms with van der Waals surface area (Å²) >= 11 is 6.01. The second-order valence-electron chi connectivity index (χ2n) is 4.33. The number of aryl methyl sites for hydroxylation is 1. The van der Waals surface area contributed by atoms with Gasteiger partial charge in [-0.25, -0.2) is 0 Å². The van der Waals surface area contributed by atoms with E-state index in [9.17, 15) is 0 Å². The minimum atomic E-state index is 0.272. The van der Waals surface area contributed by atoms with E-state index >= 15 is 0 Å². The van der Waals surface area contributed by atoms with Crippen molar-refractivity contribution in [3.63, 3.8) is 0 Å². The van der Waals surface area contributed by atoms with Crippen molar-refractivity contribution in [2.75, 3.05) is 0 Å². The summed E-state index contributed by atoms with van der Waals surface area (Å²) in [6.07, 6.45) is 0.994. The summed E-state index contributed by atoms with van der Waals surface area (Å²) in [7, 11) is 0. The number of nitrogens with one attached hydrogen (secondary N) is 1. The minimum absolute atomic E-state index is 0.272. The highest BCUT2D eigenvalue weighted by atomic mass is 35.5. The van der Waals surface area contributed by atoms with Crippen LogP contribution in [0.4, 0.5) is 0 Å². The fourth-order valence-electron chi connectivity index (χ4n) is 1.94. The van der Waals surface area contributed by atoms with Crippen LogP contribution in [0.25, 0.3) is 0 Å². The molecule has 1 N–H and O–H groups in total. The summed E-state index contributed by atoms with van der Waals surface area (Å²) in [5.74, 6) is 0.855. The Bertz CT molecular complexity index is 510. The molecule has 0 spiro atoms. The molecule has 1 atom stereocenters. The highest BCUT2D eigenvalue weighted by Crippen LogP contribution is 2.20. The molecule has 0 saturated heterocycles. The van der Waals surface area contributed by atoms with Gasteiger partial charge >= 0.3 is 0 Å². The Morgan fingerprint density at radius 3 is 2.83 bits per heavy atom. The predicted octanol–water partition coefficient (Wildman–Crippen LogP) is 3.88. The van der Waals surface area contributed by atoms with Gasteiger partial charge in [-0.1, -0.05) is 35.8 Å². The quantitative estimate of drug-likeness (QED) is 0.891. The molecule has 0 bridgehead atoms. The van der Waals surface area contributed by atoms with E-state index in [0.29, 0.717) is 6.54 Å². The lowest BCUT2D eigenvalue weighted by atomic mass is 10.0. The van der Waals surface area contributed by atoms with Crippen molar-refractivity contribution in [1.82, 2.24) is 10.5 Å². The van der Waals surface area contributed by atoms with Crippen molar-refractivity contribution in [3.8, 4) is 0 Å². The van der Waals surface area contributed by atoms with Gasteiger partial charge in [0.05, 0.1) is 12.2 Å². The summed E-state index contributed by atoms with van der Waals surface area (Å²) in [6.45, 7) is 4.73. The van der Waals surface area contributed by atoms with Gasteiger partial charge in [-0.2, -0.15) is 0 Å². The largest absolute Gasteiger partial charge is 0.360 e. The van der Waals surface area contributed by atoms with E-state index in [-0.39, 0.29) is 6.04 Å². The Labute approximate surface area is 112 Å². The van der Waals surface area contributed by atoms with E-state index in [1.54, 1.807) is 0 Å². The molecule has 1 unspecified atom stereocenters. The summed E-state index contributed by atoms with van der Waals surface area (Å²) in [5, 5.41) is 8.09. The number of hydrogen-bond acceptors (Lipinski definition) is 3. The Hall–Kier alpha value is -1.32. The van der Waals surface area contributed by atoms with Crippen LogP contribution in [0, 0.1) is 6.92 Å². The van der Waals surface area contributed by atoms with Crippen LogP contribution in [-0.4, -0.2) is 5.16 Å². The minimum Gasteiger partial charge on any atom is -0.360 e. The molecule has 0 radical (unpaired) electrons. The van der Waals surface area contributed by atoms with Gasteiger partial charge in [-0.3, -0.25) is 0 Å². The average molecular weight is 265 g/mol. The molecule has 4 heteroatoms. The lowest BCUT2D eigenvalue weighted by molar-refractivity contribution is 0.359. The van der Waals surface area contributed by atoms with Crippen molar-refractivity contribution < 1.29 is 4.52 Å². The van der Waals surface area contributed by atoms with E-state index in [1.165, 1.54) is 5.56 Å². The topological polar surface area (TPSA) is 38.1 Å². The molecule has 1 aromatic carbocycles. The summed E-state index contributed by atoms with van der Waals surface area (Å²) < 4.78 is 5.18. The van der Waals surface area contributed by atoms with E-state index < -0.39 is 0 Å². The van der Waals surface area contributed by atoms with E-state index in [1.807, 2.05) is 31.2 Å². The Morgan fingerprint density at radius 1 is 1.39 bits per heavy atom. The summed E-state index contributed by atoms with van der Waals surface area (Å²) in [6, 6.07) is 10.2. The summed E-state index contributed by atoms with van der Waals surface area (Å²) in [5.41, 5.74) is 2.10. The third kappa shape index (κ3) is 3.34. The fourth-order valence-corrected chi connectivity index (χ4v) is 2.14. The number of benzene rings is 1. The van der Waals surface area contributed by atoms with Crippen molar-refractivity contribution in [3.05, 3.63) is 52.4 Å². The first kappa shape index (κ1) is 13.1. The molecule has 0 amide bonds. The Balaban J connectivity index is 2.01. The molecule has 1 heterocycles. The SMILES string of the molecule is CCC(NCc1cc(C)no1)c1cccc(Cl)c1. The number of hydrogen-bond donors (Lipinski definition) is 1. The molecule has 2 aromatic rings. The molecule has 0 aliphatic carbocycles. The maximum atomic E-state index is 6.01. The van der Waals surface area contributed by atoms with Gasteiger partial charge in [0.25, 0.3) is 0 Å². The number of halogens is 1. The van der Waals surface area contributed by atoms with E-state index in [2.05, 4.69) is 23.5 Å². The Morgan fingerprint density at radius 2 is 2.22 bits per heavy atom. The van der Waals surface area contributed by atoms with Gasteiger partial charge in [0.15, 0.2) is 5.76 Å². The molecule has 2 rings (SSSR count). The third-order valence-electron chi connectivity index (χ3n) is 2.86. The molecule has 1 aromatic heterocycles. The first-order valence-electron chi connectivity index (χ1n) is 6.10. The van der Waals surface area contributed by atoms with Gasteiger partial charge < -0.3 is 9.84 Å². The van der Waals surface area contributed by atoms with Crippen LogP contribution in [0.1, 0.15) is 36.4 Å². The first-order chi connectivity index (χ1) is 8.69. The molecule has 18 heavy (non-hydrogen) atoms. The highest BCUT2D eigenvalue weighted by molar-refractivity contribution is 6.30. The lowest BCUT2D eigenvalue weighted by Gasteiger charge is -2.16. The van der Waals surface area contributed by atoms with E-state index in [0.717, 1.165) is 22.9 Å². The Kier molecular flexibility index (Phi) is 4.39. The third-order valence-corrected chi connectivity index (χ3v) is 3.09. The van der Waals surface area contributed by atoms with Crippen molar-refractivity contribution in [1.29, 1.82) is 0 Å². The highest BCUT2D eigenvalue weighted by Gasteiger charge is 2.10. The predicted molar refractivity (Wildman–Crippen MR) is 72.6 cm³/mol. The van der Waals surface area contributed by atoms with Gasteiger partial charge in [-0.15, -0.1) is 0 Å². The van der Waals surface area contributed by atoms with Crippen LogP contribution < -0.4 is 5.32 Å². The van der Waals surface area contributed by atoms with Crippen molar-refractivity contribution in [2.45, 2.75) is 32.9 Å². The van der Waals surface area contributed by atoms with Gasteiger partial charge in [0, 0.05) is 17.1 Å². The standard InChI is InChI=1S/C14H17ClN2O/c1-3-14(11-5-4-6-12(15)8-11)16-9-13-7-10(2)17-18-13/h4-8,14,16H,3,9H2,1-2H3. The summed E-state index contributed by atoms with van der Waals surface area (Å²) in [4.78, 5) is 0. The van der Waals surface area contributed by atoms with Crippen LogP contribution in [0.3, 0.4) is 0 Å². The maximum Gasteiger partial charge on any atom is 0.150 e. The fraction of sp³-hybridized carbons (Fsp3) is 0.357. The molecular formula is C14H17ClN2O. The van der Waals surface area contributed by atoms with Gasteiger partial charge in [0.1, 0.15) is 0 Å². The average Bonchev–Trinajstić information content (AvgIpc) is 2.76. The zero-order chi connectivity index (χ0) is 13.0. The van der Waals surface area contributed by atoms with Crippen molar-refractivity contribution in [2.24, 2.45) is 0 Å². The van der Waals surface area contributed by atoms with Crippen LogP contribution in [-0.2, 0) is 6.54 Å². The zero-order valence-electron chi connectivity index (χ0n) is 10.6.